The molecule has 1 saturated carbocycles. The number of benzene rings is 1. The minimum absolute atomic E-state index is 0.149. The lowest BCUT2D eigenvalue weighted by Gasteiger charge is -2.26. The third-order valence-corrected chi connectivity index (χ3v) is 3.74. The summed E-state index contributed by atoms with van der Waals surface area (Å²) < 4.78 is 0. The fourth-order valence-corrected chi connectivity index (χ4v) is 2.77. The van der Waals surface area contributed by atoms with Crippen molar-refractivity contribution in [1.82, 2.24) is 5.32 Å². The van der Waals surface area contributed by atoms with Gasteiger partial charge in [0.15, 0.2) is 0 Å². The summed E-state index contributed by atoms with van der Waals surface area (Å²) in [4.78, 5) is 11.8. The number of carbonyl (C=O) groups is 1. The molecule has 0 bridgehead atoms. The molecule has 4 N–H and O–H groups in total. The Morgan fingerprint density at radius 1 is 1.42 bits per heavy atom. The van der Waals surface area contributed by atoms with E-state index in [1.165, 1.54) is 25.7 Å². The largest absolute Gasteiger partial charge is 0.399 e. The smallest absolute Gasteiger partial charge is 0.319 e. The van der Waals surface area contributed by atoms with Crippen LogP contribution in [0.1, 0.15) is 32.6 Å². The van der Waals surface area contributed by atoms with Crippen LogP contribution < -0.4 is 16.4 Å². The highest BCUT2D eigenvalue weighted by Gasteiger charge is 2.19. The topological polar surface area (TPSA) is 67.2 Å². The van der Waals surface area contributed by atoms with Crippen molar-refractivity contribution in [3.8, 4) is 0 Å². The highest BCUT2D eigenvalue weighted by molar-refractivity contribution is 5.89. The molecule has 4 heteroatoms. The molecular formula is C15H23N3O. The summed E-state index contributed by atoms with van der Waals surface area (Å²) in [6.07, 6.45) is 5.05. The number of carbonyl (C=O) groups excluding carboxylic acids is 1. The molecule has 19 heavy (non-hydrogen) atoms. The van der Waals surface area contributed by atoms with E-state index >= 15 is 0 Å². The van der Waals surface area contributed by atoms with Crippen LogP contribution in [-0.2, 0) is 0 Å². The molecule has 0 aliphatic heterocycles. The minimum Gasteiger partial charge on any atom is -0.399 e. The van der Waals surface area contributed by atoms with Gasteiger partial charge in [-0.25, -0.2) is 4.79 Å². The maximum Gasteiger partial charge on any atom is 0.319 e. The van der Waals surface area contributed by atoms with Gasteiger partial charge < -0.3 is 16.4 Å². The van der Waals surface area contributed by atoms with E-state index in [0.29, 0.717) is 11.6 Å². The van der Waals surface area contributed by atoms with Gasteiger partial charge in [-0.3, -0.25) is 0 Å². The second-order valence-corrected chi connectivity index (χ2v) is 5.60. The number of hydrogen-bond donors (Lipinski definition) is 3. The molecule has 4 nitrogen and oxygen atoms in total. The molecule has 1 aliphatic carbocycles. The van der Waals surface area contributed by atoms with E-state index in [1.54, 1.807) is 12.1 Å². The van der Waals surface area contributed by atoms with Crippen LogP contribution in [0, 0.1) is 11.8 Å². The zero-order valence-electron chi connectivity index (χ0n) is 11.5. The summed E-state index contributed by atoms with van der Waals surface area (Å²) in [7, 11) is 0. The Morgan fingerprint density at radius 3 is 3.00 bits per heavy atom. The third-order valence-electron chi connectivity index (χ3n) is 3.74. The van der Waals surface area contributed by atoms with Crippen LogP contribution in [-0.4, -0.2) is 12.6 Å². The number of nitrogens with two attached hydrogens (primary N) is 1. The summed E-state index contributed by atoms with van der Waals surface area (Å²) in [6.45, 7) is 3.05. The molecule has 1 fully saturated rings. The number of anilines is 2. The van der Waals surface area contributed by atoms with E-state index in [4.69, 9.17) is 5.73 Å². The van der Waals surface area contributed by atoms with Crippen molar-refractivity contribution in [2.24, 2.45) is 11.8 Å². The maximum absolute atomic E-state index is 11.8. The molecule has 2 atom stereocenters. The average molecular weight is 261 g/mol. The molecule has 0 aromatic heterocycles. The monoisotopic (exact) mass is 261 g/mol. The van der Waals surface area contributed by atoms with Gasteiger partial charge in [0.25, 0.3) is 0 Å². The molecule has 1 aromatic rings. The molecule has 0 radical (unpaired) electrons. The maximum atomic E-state index is 11.8. The Kier molecular flexibility index (Phi) is 4.66. The van der Waals surface area contributed by atoms with Gasteiger partial charge >= 0.3 is 6.03 Å². The molecule has 0 heterocycles. The van der Waals surface area contributed by atoms with E-state index in [-0.39, 0.29) is 6.03 Å². The van der Waals surface area contributed by atoms with Crippen molar-refractivity contribution in [3.63, 3.8) is 0 Å². The summed E-state index contributed by atoms with van der Waals surface area (Å²) in [6, 6.07) is 7.06. The van der Waals surface area contributed by atoms with Crippen molar-refractivity contribution in [3.05, 3.63) is 24.3 Å². The average Bonchev–Trinajstić information content (AvgIpc) is 2.36. The van der Waals surface area contributed by atoms with Gasteiger partial charge in [0, 0.05) is 17.9 Å². The summed E-state index contributed by atoms with van der Waals surface area (Å²) in [5.41, 5.74) is 7.05. The number of hydrogen-bond acceptors (Lipinski definition) is 2. The highest BCUT2D eigenvalue weighted by Crippen LogP contribution is 2.27. The molecular weight excluding hydrogens is 238 g/mol. The van der Waals surface area contributed by atoms with Crippen molar-refractivity contribution >= 4 is 17.4 Å². The van der Waals surface area contributed by atoms with Crippen LogP contribution >= 0.6 is 0 Å². The van der Waals surface area contributed by atoms with Gasteiger partial charge in [0.05, 0.1) is 0 Å². The predicted octanol–water partition coefficient (Wildman–Crippen LogP) is 3.22. The van der Waals surface area contributed by atoms with Gasteiger partial charge in [-0.1, -0.05) is 25.8 Å². The van der Waals surface area contributed by atoms with Crippen LogP contribution in [0.5, 0.6) is 0 Å². The quantitative estimate of drug-likeness (QED) is 0.731. The zero-order chi connectivity index (χ0) is 13.7. The van der Waals surface area contributed by atoms with Crippen molar-refractivity contribution < 1.29 is 4.79 Å². The minimum atomic E-state index is -0.149. The van der Waals surface area contributed by atoms with E-state index in [2.05, 4.69) is 17.6 Å². The molecule has 104 valence electrons. The fraction of sp³-hybridized carbons (Fsp3) is 0.533. The molecule has 1 aliphatic rings. The Bertz CT molecular complexity index is 433. The lowest BCUT2D eigenvalue weighted by molar-refractivity contribution is 0.241. The Balaban J connectivity index is 1.75. The van der Waals surface area contributed by atoms with Gasteiger partial charge in [0.2, 0.25) is 0 Å². The second kappa shape index (κ2) is 6.45. The van der Waals surface area contributed by atoms with E-state index < -0.39 is 0 Å². The van der Waals surface area contributed by atoms with Gasteiger partial charge in [-0.15, -0.1) is 0 Å². The molecule has 2 amide bonds. The van der Waals surface area contributed by atoms with Crippen LogP contribution in [0.2, 0.25) is 0 Å². The van der Waals surface area contributed by atoms with Crippen LogP contribution in [0.15, 0.2) is 24.3 Å². The van der Waals surface area contributed by atoms with Gasteiger partial charge in [0.1, 0.15) is 0 Å². The first-order valence-corrected chi connectivity index (χ1v) is 7.04. The number of amides is 2. The normalized spacial score (nSPS) is 22.8. The first kappa shape index (κ1) is 13.7. The molecule has 2 rings (SSSR count). The Morgan fingerprint density at radius 2 is 2.26 bits per heavy atom. The first-order valence-electron chi connectivity index (χ1n) is 7.04. The summed E-state index contributed by atoms with van der Waals surface area (Å²) >= 11 is 0. The predicted molar refractivity (Wildman–Crippen MR) is 79.0 cm³/mol. The number of nitrogen functional groups attached to an aromatic ring is 1. The Labute approximate surface area is 114 Å². The molecule has 2 unspecified atom stereocenters. The SMILES string of the molecule is CC1CCCC(CNC(=O)Nc2cccc(N)c2)C1. The van der Waals surface area contributed by atoms with Crippen molar-refractivity contribution in [2.45, 2.75) is 32.6 Å². The van der Waals surface area contributed by atoms with Crippen LogP contribution in [0.4, 0.5) is 16.2 Å². The van der Waals surface area contributed by atoms with Gasteiger partial charge in [-0.05, 0) is 42.9 Å². The van der Waals surface area contributed by atoms with E-state index in [9.17, 15) is 4.79 Å². The number of rotatable bonds is 3. The fourth-order valence-electron chi connectivity index (χ4n) is 2.77. The van der Waals surface area contributed by atoms with Crippen LogP contribution in [0.3, 0.4) is 0 Å². The molecule has 1 aromatic carbocycles. The lowest BCUT2D eigenvalue weighted by Crippen LogP contribution is -2.34. The number of urea groups is 1. The van der Waals surface area contributed by atoms with Crippen molar-refractivity contribution in [1.29, 1.82) is 0 Å². The van der Waals surface area contributed by atoms with E-state index in [0.717, 1.165) is 18.2 Å². The van der Waals surface area contributed by atoms with Crippen LogP contribution in [0.25, 0.3) is 0 Å². The first-order chi connectivity index (χ1) is 9.13. The highest BCUT2D eigenvalue weighted by atomic mass is 16.2. The standard InChI is InChI=1S/C15H23N3O/c1-11-4-2-5-12(8-11)10-17-15(19)18-14-7-3-6-13(16)9-14/h3,6-7,9,11-12H,2,4-5,8,10,16H2,1H3,(H2,17,18,19). The van der Waals surface area contributed by atoms with Crippen molar-refractivity contribution in [2.75, 3.05) is 17.6 Å². The number of nitrogens with one attached hydrogen (secondary N) is 2. The zero-order valence-corrected chi connectivity index (χ0v) is 11.5. The lowest BCUT2D eigenvalue weighted by atomic mass is 9.82. The summed E-state index contributed by atoms with van der Waals surface area (Å²) in [5, 5.41) is 5.75. The third kappa shape index (κ3) is 4.47. The molecule has 0 saturated heterocycles. The molecule has 0 spiro atoms. The summed E-state index contributed by atoms with van der Waals surface area (Å²) in [5.74, 6) is 1.41. The van der Waals surface area contributed by atoms with Gasteiger partial charge in [-0.2, -0.15) is 0 Å². The van der Waals surface area contributed by atoms with E-state index in [1.807, 2.05) is 12.1 Å². The second-order valence-electron chi connectivity index (χ2n) is 5.60. The Hall–Kier alpha value is -1.71.